The Morgan fingerprint density at radius 2 is 1.61 bits per heavy atom. The number of nitrogens with zero attached hydrogens (tertiary/aromatic N) is 3. The molecule has 38 heavy (non-hydrogen) atoms. The Hall–Kier alpha value is -3.63. The van der Waals surface area contributed by atoms with Gasteiger partial charge in [0.15, 0.2) is 0 Å². The highest BCUT2D eigenvalue weighted by molar-refractivity contribution is 5.89. The Bertz CT molecular complexity index is 1100. The summed E-state index contributed by atoms with van der Waals surface area (Å²) in [5.74, 6) is 0.248. The van der Waals surface area contributed by atoms with Crippen LogP contribution in [0.3, 0.4) is 0 Å². The lowest BCUT2D eigenvalue weighted by Crippen LogP contribution is -2.45. The minimum atomic E-state index is -4.78. The van der Waals surface area contributed by atoms with Crippen LogP contribution in [0.4, 0.5) is 23.7 Å². The van der Waals surface area contributed by atoms with Crippen LogP contribution in [-0.4, -0.2) is 29.3 Å². The molecule has 0 heterocycles. The molecule has 0 saturated heterocycles. The largest absolute Gasteiger partial charge is 0.573 e. The van der Waals surface area contributed by atoms with Crippen LogP contribution in [-0.2, 0) is 13.1 Å². The standard InChI is InChI=1S/C27H35F3N6O2/c1-26(2,3)20-8-12-22(13-9-20)36(17-19-6-4-18(5-7-19)16-33-24(31)35-32)25(37)34-21-10-14-23(15-11-21)38-27(28,29)30/h4-7,10-11,14-15,20,22,32H,8-9,12-13,16-17H2,1-3H3,(H2,31,33)(H,34,37)/p+1. The lowest BCUT2D eigenvalue weighted by Gasteiger charge is -2.41. The maximum absolute atomic E-state index is 13.4. The van der Waals surface area contributed by atoms with E-state index in [1.165, 1.54) is 24.3 Å². The molecule has 11 heteroatoms. The molecule has 8 nitrogen and oxygen atoms in total. The van der Waals surface area contributed by atoms with Gasteiger partial charge in [-0.25, -0.2) is 9.79 Å². The predicted molar refractivity (Wildman–Crippen MR) is 139 cm³/mol. The Morgan fingerprint density at radius 3 is 2.13 bits per heavy atom. The quantitative estimate of drug-likeness (QED) is 0.256. The second-order valence-electron chi connectivity index (χ2n) is 10.6. The molecule has 2 amide bonds. The van der Waals surface area contributed by atoms with Gasteiger partial charge < -0.3 is 20.7 Å². The van der Waals surface area contributed by atoms with Crippen LogP contribution in [0.1, 0.15) is 57.6 Å². The van der Waals surface area contributed by atoms with Gasteiger partial charge in [0, 0.05) is 23.4 Å². The number of guanidine groups is 1. The molecule has 0 spiro atoms. The molecular weight excluding hydrogens is 497 g/mol. The SMILES string of the molecule is CC(C)(C)C1CCC(N(Cc2ccc(CN=C(N)N=[NH2+])cc2)C(=O)Nc2ccc(OC(F)(F)F)cc2)CC1. The van der Waals surface area contributed by atoms with Crippen molar-refractivity contribution in [3.63, 3.8) is 0 Å². The number of aliphatic imine (C=N–C) groups is 1. The van der Waals surface area contributed by atoms with E-state index in [2.05, 4.69) is 40.9 Å². The van der Waals surface area contributed by atoms with Crippen molar-refractivity contribution in [2.24, 2.45) is 27.2 Å². The fourth-order valence-corrected chi connectivity index (χ4v) is 4.72. The number of benzene rings is 2. The zero-order valence-corrected chi connectivity index (χ0v) is 22.0. The van der Waals surface area contributed by atoms with Gasteiger partial charge in [0.05, 0.1) is 6.54 Å². The van der Waals surface area contributed by atoms with Gasteiger partial charge >= 0.3 is 12.4 Å². The minimum Gasteiger partial charge on any atom is -0.406 e. The summed E-state index contributed by atoms with van der Waals surface area (Å²) in [5.41, 5.74) is 13.1. The first-order valence-corrected chi connectivity index (χ1v) is 12.6. The number of alkyl halides is 3. The van der Waals surface area contributed by atoms with Gasteiger partial charge in [-0.1, -0.05) is 45.0 Å². The van der Waals surface area contributed by atoms with E-state index in [1.54, 1.807) is 0 Å². The van der Waals surface area contributed by atoms with E-state index >= 15 is 0 Å². The van der Waals surface area contributed by atoms with Crippen LogP contribution in [0.25, 0.3) is 0 Å². The predicted octanol–water partition coefficient (Wildman–Crippen LogP) is 5.25. The molecule has 2 aromatic rings. The highest BCUT2D eigenvalue weighted by atomic mass is 19.4. The molecular formula is C27H36F3N6O2+. The second kappa shape index (κ2) is 12.3. The summed E-state index contributed by atoms with van der Waals surface area (Å²) in [7, 11) is 0. The normalized spacial score (nSPS) is 18.5. The molecule has 0 radical (unpaired) electrons. The third-order valence-electron chi connectivity index (χ3n) is 6.89. The summed E-state index contributed by atoms with van der Waals surface area (Å²) in [5, 5.41) is 6.16. The van der Waals surface area contributed by atoms with E-state index in [1.807, 2.05) is 29.2 Å². The van der Waals surface area contributed by atoms with E-state index in [9.17, 15) is 18.0 Å². The van der Waals surface area contributed by atoms with Crippen LogP contribution in [0, 0.1) is 11.3 Å². The molecule has 206 valence electrons. The van der Waals surface area contributed by atoms with E-state index in [-0.39, 0.29) is 29.2 Å². The molecule has 0 atom stereocenters. The first kappa shape index (κ1) is 28.9. The summed E-state index contributed by atoms with van der Waals surface area (Å²) in [4.78, 5) is 19.3. The van der Waals surface area contributed by atoms with Gasteiger partial charge in [-0.2, -0.15) is 0 Å². The van der Waals surface area contributed by atoms with Crippen LogP contribution in [0.2, 0.25) is 0 Å². The summed E-state index contributed by atoms with van der Waals surface area (Å²) in [6.45, 7) is 7.46. The van der Waals surface area contributed by atoms with Gasteiger partial charge in [-0.05, 0) is 72.4 Å². The Kier molecular flexibility index (Phi) is 9.35. The topological polar surface area (TPSA) is 118 Å². The average molecular weight is 534 g/mol. The van der Waals surface area contributed by atoms with Crippen LogP contribution < -0.4 is 21.3 Å². The molecule has 1 fully saturated rings. The average Bonchev–Trinajstić information content (AvgIpc) is 2.86. The summed E-state index contributed by atoms with van der Waals surface area (Å²) in [6, 6.07) is 12.6. The van der Waals surface area contributed by atoms with E-state index < -0.39 is 6.36 Å². The first-order chi connectivity index (χ1) is 17.8. The van der Waals surface area contributed by atoms with Crippen LogP contribution in [0.5, 0.6) is 5.75 Å². The summed E-state index contributed by atoms with van der Waals surface area (Å²) < 4.78 is 41.3. The Labute approximate surface area is 221 Å². The number of ether oxygens (including phenoxy) is 1. The van der Waals surface area contributed by atoms with E-state index in [0.29, 0.717) is 24.7 Å². The first-order valence-electron chi connectivity index (χ1n) is 12.6. The van der Waals surface area contributed by atoms with Crippen molar-refractivity contribution in [3.05, 3.63) is 59.7 Å². The molecule has 0 bridgehead atoms. The number of halogens is 3. The third kappa shape index (κ3) is 8.74. The lowest BCUT2D eigenvalue weighted by molar-refractivity contribution is -0.274. The monoisotopic (exact) mass is 533 g/mol. The lowest BCUT2D eigenvalue weighted by atomic mass is 9.71. The van der Waals surface area contributed by atoms with Gasteiger partial charge in [0.25, 0.3) is 5.96 Å². The maximum Gasteiger partial charge on any atom is 0.573 e. The number of amides is 2. The number of urea groups is 1. The maximum atomic E-state index is 13.4. The van der Waals surface area contributed by atoms with Crippen molar-refractivity contribution in [1.82, 2.24) is 4.90 Å². The molecule has 1 saturated carbocycles. The van der Waals surface area contributed by atoms with Gasteiger partial charge in [0.1, 0.15) is 5.75 Å². The number of carbonyl (C=O) groups is 1. The van der Waals surface area contributed by atoms with Crippen molar-refractivity contribution in [3.8, 4) is 5.75 Å². The Morgan fingerprint density at radius 1 is 1.03 bits per heavy atom. The Balaban J connectivity index is 1.74. The van der Waals surface area contributed by atoms with Crippen molar-refractivity contribution in [2.45, 2.75) is 71.9 Å². The van der Waals surface area contributed by atoms with Crippen LogP contribution in [0.15, 0.2) is 58.6 Å². The number of hydrogen-bond donors (Lipinski definition) is 3. The fourth-order valence-electron chi connectivity index (χ4n) is 4.72. The number of rotatable bonds is 7. The molecule has 0 aliphatic heterocycles. The summed E-state index contributed by atoms with van der Waals surface area (Å²) in [6.07, 6.45) is -0.982. The second-order valence-corrected chi connectivity index (χ2v) is 10.6. The van der Waals surface area contributed by atoms with Crippen molar-refractivity contribution in [1.29, 1.82) is 0 Å². The van der Waals surface area contributed by atoms with Gasteiger partial charge in [-0.3, -0.25) is 0 Å². The number of carbonyl (C=O) groups excluding carboxylic acids is 1. The molecule has 3 rings (SSSR count). The molecule has 0 aromatic heterocycles. The molecule has 1 aliphatic carbocycles. The number of nitrogens with two attached hydrogens (primary N) is 2. The molecule has 5 N–H and O–H groups in total. The van der Waals surface area contributed by atoms with E-state index in [0.717, 1.165) is 36.8 Å². The van der Waals surface area contributed by atoms with Crippen molar-refractivity contribution in [2.75, 3.05) is 5.32 Å². The van der Waals surface area contributed by atoms with Gasteiger partial charge in [0.2, 0.25) is 0 Å². The number of hydrogen-bond acceptors (Lipinski definition) is 3. The highest BCUT2D eigenvalue weighted by Crippen LogP contribution is 2.39. The van der Waals surface area contributed by atoms with E-state index in [4.69, 9.17) is 11.3 Å². The highest BCUT2D eigenvalue weighted by Gasteiger charge is 2.34. The zero-order valence-electron chi connectivity index (χ0n) is 22.0. The molecule has 2 aromatic carbocycles. The minimum absolute atomic E-state index is 0.0146. The molecule has 1 aliphatic rings. The number of nitrogens with one attached hydrogen (secondary N) is 1. The molecule has 0 unspecified atom stereocenters. The zero-order chi connectivity index (χ0) is 27.9. The van der Waals surface area contributed by atoms with Crippen molar-refractivity contribution >= 4 is 17.7 Å². The summed E-state index contributed by atoms with van der Waals surface area (Å²) >= 11 is 0. The number of anilines is 1. The fraction of sp³-hybridized carbons (Fsp3) is 0.481. The third-order valence-corrected chi connectivity index (χ3v) is 6.89. The smallest absolute Gasteiger partial charge is 0.406 e. The van der Waals surface area contributed by atoms with Gasteiger partial charge in [-0.15, -0.1) is 18.7 Å². The van der Waals surface area contributed by atoms with Crippen LogP contribution >= 0.6 is 0 Å². The van der Waals surface area contributed by atoms with Crippen molar-refractivity contribution < 1.29 is 28.2 Å².